The average Bonchev–Trinajstić information content (AvgIpc) is 3.34. The quantitative estimate of drug-likeness (QED) is 0.421. The SMILES string of the molecule is O=C(Nc1ccc(Cl)c(C(F)(F)F)c1)N(CCN1CCCC1)C1CC=C(c2cccc(Cl)c2)CC1. The van der Waals surface area contributed by atoms with Crippen LogP contribution in [0.25, 0.3) is 5.57 Å². The van der Waals surface area contributed by atoms with E-state index in [1.165, 1.54) is 11.6 Å². The maximum Gasteiger partial charge on any atom is 0.417 e. The van der Waals surface area contributed by atoms with E-state index in [1.807, 2.05) is 24.3 Å². The number of allylic oxidation sites excluding steroid dienone is 1. The van der Waals surface area contributed by atoms with E-state index >= 15 is 0 Å². The number of hydrogen-bond acceptors (Lipinski definition) is 2. The third kappa shape index (κ3) is 6.72. The molecule has 1 N–H and O–H groups in total. The highest BCUT2D eigenvalue weighted by atomic mass is 35.5. The Balaban J connectivity index is 1.50. The summed E-state index contributed by atoms with van der Waals surface area (Å²) < 4.78 is 39.8. The monoisotopic (exact) mass is 525 g/mol. The summed E-state index contributed by atoms with van der Waals surface area (Å²) in [4.78, 5) is 17.4. The van der Waals surface area contributed by atoms with Crippen LogP contribution in [-0.4, -0.2) is 48.1 Å². The van der Waals surface area contributed by atoms with Crippen molar-refractivity contribution in [1.29, 1.82) is 0 Å². The molecule has 0 radical (unpaired) electrons. The fourth-order valence-corrected chi connectivity index (χ4v) is 5.19. The van der Waals surface area contributed by atoms with E-state index in [0.717, 1.165) is 63.0 Å². The summed E-state index contributed by atoms with van der Waals surface area (Å²) in [7, 11) is 0. The van der Waals surface area contributed by atoms with Gasteiger partial charge in [0.15, 0.2) is 0 Å². The molecule has 1 heterocycles. The molecule has 188 valence electrons. The van der Waals surface area contributed by atoms with Gasteiger partial charge in [0.25, 0.3) is 0 Å². The molecule has 35 heavy (non-hydrogen) atoms. The van der Waals surface area contributed by atoms with Gasteiger partial charge >= 0.3 is 12.2 Å². The summed E-state index contributed by atoms with van der Waals surface area (Å²) in [5.74, 6) is 0. The van der Waals surface area contributed by atoms with Crippen molar-refractivity contribution < 1.29 is 18.0 Å². The number of carbonyl (C=O) groups is 1. The van der Waals surface area contributed by atoms with Crippen LogP contribution in [0.3, 0.4) is 0 Å². The third-order valence-corrected chi connectivity index (χ3v) is 7.22. The molecular weight excluding hydrogens is 498 g/mol. The first-order valence-corrected chi connectivity index (χ1v) is 12.6. The van der Waals surface area contributed by atoms with Gasteiger partial charge in [0.05, 0.1) is 10.6 Å². The molecule has 1 unspecified atom stereocenters. The lowest BCUT2D eigenvalue weighted by atomic mass is 9.90. The van der Waals surface area contributed by atoms with E-state index in [2.05, 4.69) is 16.3 Å². The largest absolute Gasteiger partial charge is 0.417 e. The number of hydrogen-bond donors (Lipinski definition) is 1. The Hall–Kier alpha value is -2.22. The second-order valence-electron chi connectivity index (χ2n) is 9.03. The van der Waals surface area contributed by atoms with Gasteiger partial charge in [0.1, 0.15) is 0 Å². The van der Waals surface area contributed by atoms with Gasteiger partial charge in [-0.25, -0.2) is 4.79 Å². The number of nitrogens with zero attached hydrogens (tertiary/aromatic N) is 2. The van der Waals surface area contributed by atoms with E-state index in [-0.39, 0.29) is 11.7 Å². The van der Waals surface area contributed by atoms with Crippen LogP contribution in [0.2, 0.25) is 10.0 Å². The highest BCUT2D eigenvalue weighted by Crippen LogP contribution is 2.36. The molecule has 2 aromatic carbocycles. The second kappa shape index (κ2) is 11.2. The Morgan fingerprint density at radius 3 is 2.54 bits per heavy atom. The van der Waals surface area contributed by atoms with Crippen molar-refractivity contribution in [3.05, 3.63) is 69.7 Å². The predicted octanol–water partition coefficient (Wildman–Crippen LogP) is 7.58. The topological polar surface area (TPSA) is 35.6 Å². The maximum atomic E-state index is 13.3. The molecule has 0 saturated carbocycles. The van der Waals surface area contributed by atoms with E-state index in [4.69, 9.17) is 23.2 Å². The molecule has 1 aliphatic heterocycles. The number of anilines is 1. The van der Waals surface area contributed by atoms with Crippen LogP contribution >= 0.6 is 23.2 Å². The summed E-state index contributed by atoms with van der Waals surface area (Å²) in [6.45, 7) is 3.26. The molecule has 1 saturated heterocycles. The van der Waals surface area contributed by atoms with Crippen LogP contribution in [0, 0.1) is 0 Å². The Morgan fingerprint density at radius 2 is 1.89 bits per heavy atom. The zero-order valence-electron chi connectivity index (χ0n) is 19.3. The van der Waals surface area contributed by atoms with Crippen LogP contribution in [0.1, 0.15) is 43.2 Å². The van der Waals surface area contributed by atoms with Crippen LogP contribution < -0.4 is 5.32 Å². The van der Waals surface area contributed by atoms with Crippen LogP contribution in [0.4, 0.5) is 23.7 Å². The van der Waals surface area contributed by atoms with Crippen molar-refractivity contribution in [3.8, 4) is 0 Å². The number of amides is 2. The van der Waals surface area contributed by atoms with Gasteiger partial charge in [-0.15, -0.1) is 0 Å². The lowest BCUT2D eigenvalue weighted by molar-refractivity contribution is -0.137. The zero-order chi connectivity index (χ0) is 25.0. The van der Waals surface area contributed by atoms with Gasteiger partial charge in [-0.3, -0.25) is 0 Å². The standard InChI is InChI=1S/C26H28Cl2F3N3O/c27-20-5-3-4-19(16-20)18-6-9-22(10-7-18)34(15-14-33-12-1-2-13-33)25(35)32-21-8-11-24(28)23(17-21)26(29,30)31/h3-6,8,11,16-17,22H,1-2,7,9-10,12-15H2,(H,32,35). The molecule has 2 aromatic rings. The molecule has 1 fully saturated rings. The zero-order valence-corrected chi connectivity index (χ0v) is 20.8. The van der Waals surface area contributed by atoms with E-state index in [0.29, 0.717) is 18.0 Å². The number of benzene rings is 2. The first-order chi connectivity index (χ1) is 16.7. The van der Waals surface area contributed by atoms with Gasteiger partial charge in [-0.05, 0) is 86.7 Å². The van der Waals surface area contributed by atoms with E-state index in [1.54, 1.807) is 4.90 Å². The lowest BCUT2D eigenvalue weighted by Crippen LogP contribution is -2.47. The highest BCUT2D eigenvalue weighted by Gasteiger charge is 2.34. The molecule has 2 aliphatic rings. The number of alkyl halides is 3. The Labute approximate surface area is 213 Å². The van der Waals surface area contributed by atoms with Crippen LogP contribution in [0.5, 0.6) is 0 Å². The summed E-state index contributed by atoms with van der Waals surface area (Å²) in [5.41, 5.74) is 1.37. The molecule has 2 amide bonds. The third-order valence-electron chi connectivity index (χ3n) is 6.66. The number of halogens is 5. The first kappa shape index (κ1) is 25.9. The molecule has 4 nitrogen and oxygen atoms in total. The minimum atomic E-state index is -4.60. The van der Waals surface area contributed by atoms with Crippen molar-refractivity contribution >= 4 is 40.5 Å². The first-order valence-electron chi connectivity index (χ1n) is 11.8. The fraction of sp³-hybridized carbons (Fsp3) is 0.423. The van der Waals surface area contributed by atoms with Crippen molar-refractivity contribution in [2.75, 3.05) is 31.5 Å². The Morgan fingerprint density at radius 1 is 1.11 bits per heavy atom. The van der Waals surface area contributed by atoms with Gasteiger partial charge in [-0.1, -0.05) is 41.4 Å². The molecule has 4 rings (SSSR count). The summed E-state index contributed by atoms with van der Waals surface area (Å²) in [5, 5.41) is 2.96. The summed E-state index contributed by atoms with van der Waals surface area (Å²) in [6.07, 6.45) is 2.05. The molecule has 0 bridgehead atoms. The van der Waals surface area contributed by atoms with Crippen molar-refractivity contribution in [1.82, 2.24) is 9.80 Å². The molecule has 9 heteroatoms. The van der Waals surface area contributed by atoms with Crippen molar-refractivity contribution in [2.24, 2.45) is 0 Å². The van der Waals surface area contributed by atoms with Gasteiger partial charge in [0.2, 0.25) is 0 Å². The number of likely N-dealkylation sites (tertiary alicyclic amines) is 1. The van der Waals surface area contributed by atoms with Gasteiger partial charge in [-0.2, -0.15) is 13.2 Å². The number of urea groups is 1. The van der Waals surface area contributed by atoms with E-state index in [9.17, 15) is 18.0 Å². The molecular formula is C26H28Cl2F3N3O. The Bertz CT molecular complexity index is 1080. The predicted molar refractivity (Wildman–Crippen MR) is 135 cm³/mol. The van der Waals surface area contributed by atoms with Crippen molar-refractivity contribution in [2.45, 2.75) is 44.3 Å². The molecule has 0 aromatic heterocycles. The minimum absolute atomic E-state index is 0.0464. The number of carbonyl (C=O) groups excluding carboxylic acids is 1. The smallest absolute Gasteiger partial charge is 0.320 e. The number of rotatable bonds is 6. The Kier molecular flexibility index (Phi) is 8.30. The molecule has 1 atom stereocenters. The average molecular weight is 526 g/mol. The normalized spacial score (nSPS) is 18.9. The highest BCUT2D eigenvalue weighted by molar-refractivity contribution is 6.31. The lowest BCUT2D eigenvalue weighted by Gasteiger charge is -2.35. The molecule has 0 spiro atoms. The van der Waals surface area contributed by atoms with Crippen molar-refractivity contribution in [3.63, 3.8) is 0 Å². The summed E-state index contributed by atoms with van der Waals surface area (Å²) in [6, 6.07) is 10.7. The van der Waals surface area contributed by atoms with E-state index < -0.39 is 22.8 Å². The van der Waals surface area contributed by atoms with Crippen LogP contribution in [-0.2, 0) is 6.18 Å². The molecule has 1 aliphatic carbocycles. The fourth-order valence-electron chi connectivity index (χ4n) is 4.77. The second-order valence-corrected chi connectivity index (χ2v) is 9.88. The maximum absolute atomic E-state index is 13.3. The minimum Gasteiger partial charge on any atom is -0.320 e. The van der Waals surface area contributed by atoms with Gasteiger partial charge < -0.3 is 15.1 Å². The summed E-state index contributed by atoms with van der Waals surface area (Å²) >= 11 is 11.9. The van der Waals surface area contributed by atoms with Gasteiger partial charge in [0, 0.05) is 29.8 Å². The number of nitrogens with one attached hydrogen (secondary N) is 1. The van der Waals surface area contributed by atoms with Crippen LogP contribution in [0.15, 0.2) is 48.5 Å².